The Bertz CT molecular complexity index is 1050. The molecule has 0 bridgehead atoms. The van der Waals surface area contributed by atoms with E-state index in [2.05, 4.69) is 30.7 Å². The fourth-order valence-electron chi connectivity index (χ4n) is 10.6. The van der Waals surface area contributed by atoms with Crippen molar-refractivity contribution in [1.82, 2.24) is 9.88 Å². The molecule has 7 heteroatoms. The second-order valence-corrected chi connectivity index (χ2v) is 14.6. The summed E-state index contributed by atoms with van der Waals surface area (Å²) >= 11 is 0. The molecule has 4 saturated carbocycles. The summed E-state index contributed by atoms with van der Waals surface area (Å²) in [6.07, 6.45) is 8.60. The molecular formula is C33H51N3O4. The molecule has 11 unspecified atom stereocenters. The summed E-state index contributed by atoms with van der Waals surface area (Å²) < 4.78 is 0. The molecule has 40 heavy (non-hydrogen) atoms. The summed E-state index contributed by atoms with van der Waals surface area (Å²) in [5.41, 5.74) is -0.113. The standard InChI is InChI=1S/C33H51N3O4/c1-21(7-10-30(40)36-16-14-35(15-17-36)29-6-4-5-13-34-29)24-8-9-25-31-26(20-28(39)33(24,25)3)32(2)12-11-23(37)18-22(32)19-27(31)38/h4-6,13,21-28,31,37-39H,7-12,14-20H2,1-3H3. The number of anilines is 1. The minimum atomic E-state index is -0.376. The highest BCUT2D eigenvalue weighted by Crippen LogP contribution is 2.68. The fourth-order valence-corrected chi connectivity index (χ4v) is 10.6. The Kier molecular flexibility index (Phi) is 7.71. The van der Waals surface area contributed by atoms with E-state index in [1.165, 1.54) is 0 Å². The number of amides is 1. The van der Waals surface area contributed by atoms with Crippen LogP contribution in [0, 0.1) is 46.3 Å². The molecule has 0 spiro atoms. The van der Waals surface area contributed by atoms with Crippen LogP contribution in [0.25, 0.3) is 0 Å². The lowest BCUT2D eigenvalue weighted by molar-refractivity contribution is -0.207. The zero-order chi connectivity index (χ0) is 28.2. The average molecular weight is 554 g/mol. The number of aliphatic hydroxyl groups is 3. The maximum absolute atomic E-state index is 13.2. The third kappa shape index (κ3) is 4.68. The molecule has 5 aliphatic rings. The molecule has 11 atom stereocenters. The second-order valence-electron chi connectivity index (χ2n) is 14.6. The lowest BCUT2D eigenvalue weighted by Gasteiger charge is -2.63. The maximum atomic E-state index is 13.2. The molecule has 0 radical (unpaired) electrons. The van der Waals surface area contributed by atoms with Crippen molar-refractivity contribution in [3.05, 3.63) is 24.4 Å². The Labute approximate surface area is 240 Å². The van der Waals surface area contributed by atoms with Gasteiger partial charge in [0.25, 0.3) is 0 Å². The number of pyridine rings is 1. The van der Waals surface area contributed by atoms with Crippen molar-refractivity contribution < 1.29 is 20.1 Å². The van der Waals surface area contributed by atoms with Crippen molar-refractivity contribution in [1.29, 1.82) is 0 Å². The van der Waals surface area contributed by atoms with Crippen LogP contribution in [0.5, 0.6) is 0 Å². The van der Waals surface area contributed by atoms with E-state index in [-0.39, 0.29) is 41.0 Å². The third-order valence-corrected chi connectivity index (χ3v) is 12.9. The van der Waals surface area contributed by atoms with Gasteiger partial charge in [-0.15, -0.1) is 0 Å². The quantitative estimate of drug-likeness (QED) is 0.508. The fraction of sp³-hybridized carbons (Fsp3) is 0.818. The van der Waals surface area contributed by atoms with Gasteiger partial charge in [-0.25, -0.2) is 4.98 Å². The normalized spacial score (nSPS) is 44.0. The SMILES string of the molecule is CC(CCC(=O)N1CCN(c2ccccn2)CC1)C1CCC2C3C(O)CC4CC(O)CCC4(C)C3CC(O)C12C. The Hall–Kier alpha value is -1.70. The lowest BCUT2D eigenvalue weighted by atomic mass is 9.43. The molecule has 1 saturated heterocycles. The van der Waals surface area contributed by atoms with E-state index in [0.717, 1.165) is 83.4 Å². The third-order valence-electron chi connectivity index (χ3n) is 12.9. The van der Waals surface area contributed by atoms with Crippen LogP contribution in [0.4, 0.5) is 5.82 Å². The Morgan fingerprint density at radius 1 is 1.02 bits per heavy atom. The zero-order valence-corrected chi connectivity index (χ0v) is 24.8. The molecule has 6 rings (SSSR count). The molecule has 1 aromatic heterocycles. The molecule has 0 aromatic carbocycles. The van der Waals surface area contributed by atoms with Crippen LogP contribution in [0.3, 0.4) is 0 Å². The van der Waals surface area contributed by atoms with Gasteiger partial charge in [0.15, 0.2) is 0 Å². The number of aliphatic hydroxyl groups excluding tert-OH is 3. The van der Waals surface area contributed by atoms with Crippen LogP contribution < -0.4 is 4.90 Å². The average Bonchev–Trinajstić information content (AvgIpc) is 3.32. The monoisotopic (exact) mass is 553 g/mol. The van der Waals surface area contributed by atoms with Gasteiger partial charge in [0.1, 0.15) is 5.82 Å². The summed E-state index contributed by atoms with van der Waals surface area (Å²) in [6, 6.07) is 5.96. The summed E-state index contributed by atoms with van der Waals surface area (Å²) in [6.45, 7) is 10.1. The number of aromatic nitrogens is 1. The van der Waals surface area contributed by atoms with E-state index < -0.39 is 0 Å². The first-order chi connectivity index (χ1) is 19.1. The smallest absolute Gasteiger partial charge is 0.222 e. The van der Waals surface area contributed by atoms with Crippen molar-refractivity contribution in [3.63, 3.8) is 0 Å². The molecule has 5 fully saturated rings. The van der Waals surface area contributed by atoms with Gasteiger partial charge in [0.05, 0.1) is 18.3 Å². The summed E-state index contributed by atoms with van der Waals surface area (Å²) in [7, 11) is 0. The summed E-state index contributed by atoms with van der Waals surface area (Å²) in [5.74, 6) is 3.18. The predicted octanol–water partition coefficient (Wildman–Crippen LogP) is 4.11. The number of hydrogen-bond acceptors (Lipinski definition) is 6. The molecular weight excluding hydrogens is 502 g/mol. The topological polar surface area (TPSA) is 97.1 Å². The van der Waals surface area contributed by atoms with Crippen LogP contribution in [-0.4, -0.2) is 75.6 Å². The molecule has 1 amide bonds. The molecule has 3 N–H and O–H groups in total. The number of carbonyl (C=O) groups excluding carboxylic acids is 1. The Morgan fingerprint density at radius 3 is 2.52 bits per heavy atom. The van der Waals surface area contributed by atoms with Gasteiger partial charge in [-0.1, -0.05) is 26.8 Å². The molecule has 4 aliphatic carbocycles. The van der Waals surface area contributed by atoms with Crippen LogP contribution >= 0.6 is 0 Å². The Morgan fingerprint density at radius 2 is 1.80 bits per heavy atom. The van der Waals surface area contributed by atoms with E-state index in [9.17, 15) is 20.1 Å². The van der Waals surface area contributed by atoms with E-state index >= 15 is 0 Å². The van der Waals surface area contributed by atoms with E-state index in [1.54, 1.807) is 0 Å². The highest BCUT2D eigenvalue weighted by molar-refractivity contribution is 5.76. The number of carbonyl (C=O) groups is 1. The van der Waals surface area contributed by atoms with Crippen molar-refractivity contribution in [3.8, 4) is 0 Å². The highest BCUT2D eigenvalue weighted by atomic mass is 16.3. The maximum Gasteiger partial charge on any atom is 0.222 e. The molecule has 1 aromatic rings. The number of piperazine rings is 1. The van der Waals surface area contributed by atoms with Gasteiger partial charge in [-0.3, -0.25) is 4.79 Å². The summed E-state index contributed by atoms with van der Waals surface area (Å²) in [4.78, 5) is 21.9. The number of rotatable bonds is 5. The van der Waals surface area contributed by atoms with Gasteiger partial charge in [0.2, 0.25) is 5.91 Å². The minimum absolute atomic E-state index is 0.0994. The van der Waals surface area contributed by atoms with Crippen LogP contribution in [0.1, 0.15) is 78.6 Å². The van der Waals surface area contributed by atoms with Crippen molar-refractivity contribution in [2.75, 3.05) is 31.1 Å². The largest absolute Gasteiger partial charge is 0.393 e. The van der Waals surface area contributed by atoms with Crippen LogP contribution in [0.2, 0.25) is 0 Å². The minimum Gasteiger partial charge on any atom is -0.393 e. The van der Waals surface area contributed by atoms with Gasteiger partial charge >= 0.3 is 0 Å². The Balaban J connectivity index is 1.08. The van der Waals surface area contributed by atoms with Gasteiger partial charge < -0.3 is 25.1 Å². The zero-order valence-electron chi connectivity index (χ0n) is 24.8. The first kappa shape index (κ1) is 28.4. The van der Waals surface area contributed by atoms with Gasteiger partial charge in [-0.2, -0.15) is 0 Å². The molecule has 222 valence electrons. The van der Waals surface area contributed by atoms with Crippen molar-refractivity contribution in [2.24, 2.45) is 46.3 Å². The number of nitrogens with zero attached hydrogens (tertiary/aromatic N) is 3. The second kappa shape index (κ2) is 10.9. The van der Waals surface area contributed by atoms with E-state index in [1.807, 2.05) is 29.3 Å². The van der Waals surface area contributed by atoms with E-state index in [0.29, 0.717) is 36.0 Å². The number of fused-ring (bicyclic) bond motifs is 5. The predicted molar refractivity (Wildman–Crippen MR) is 155 cm³/mol. The van der Waals surface area contributed by atoms with Crippen LogP contribution in [0.15, 0.2) is 24.4 Å². The first-order valence-electron chi connectivity index (χ1n) is 16.1. The van der Waals surface area contributed by atoms with E-state index in [4.69, 9.17) is 0 Å². The van der Waals surface area contributed by atoms with Gasteiger partial charge in [0, 0.05) is 38.8 Å². The molecule has 1 aliphatic heterocycles. The van der Waals surface area contributed by atoms with Gasteiger partial charge in [-0.05, 0) is 110 Å². The lowest BCUT2D eigenvalue weighted by Crippen LogP contribution is -2.62. The molecule has 2 heterocycles. The van der Waals surface area contributed by atoms with Crippen LogP contribution in [-0.2, 0) is 4.79 Å². The van der Waals surface area contributed by atoms with Crippen molar-refractivity contribution in [2.45, 2.75) is 96.9 Å². The first-order valence-corrected chi connectivity index (χ1v) is 16.1. The van der Waals surface area contributed by atoms with Crippen molar-refractivity contribution >= 4 is 11.7 Å². The number of hydrogen-bond donors (Lipinski definition) is 3. The highest BCUT2D eigenvalue weighted by Gasteiger charge is 2.65. The summed E-state index contributed by atoms with van der Waals surface area (Å²) in [5, 5.41) is 33.7. The molecule has 7 nitrogen and oxygen atoms in total.